The number of ether oxygens (including phenoxy) is 1. The van der Waals surface area contributed by atoms with Crippen LogP contribution in [0, 0.1) is 6.42 Å². The van der Waals surface area contributed by atoms with Gasteiger partial charge in [0.1, 0.15) is 0 Å². The van der Waals surface area contributed by atoms with E-state index in [1.807, 2.05) is 18.2 Å². The van der Waals surface area contributed by atoms with Crippen LogP contribution in [0.1, 0.15) is 17.9 Å². The number of carbonyl (C=O) groups is 2. The van der Waals surface area contributed by atoms with E-state index < -0.39 is 11.8 Å². The molecule has 1 unspecified atom stereocenters. The Morgan fingerprint density at radius 1 is 1.26 bits per heavy atom. The third kappa shape index (κ3) is 6.00. The zero-order valence-electron chi connectivity index (χ0n) is 13.2. The number of nitrogens with one attached hydrogen (secondary N) is 1. The van der Waals surface area contributed by atoms with Crippen molar-refractivity contribution in [3.05, 3.63) is 42.3 Å². The molecule has 0 saturated carbocycles. The quantitative estimate of drug-likeness (QED) is 0.675. The number of primary amides is 1. The molecule has 1 aromatic rings. The van der Waals surface area contributed by atoms with Crippen LogP contribution in [0.5, 0.6) is 0 Å². The van der Waals surface area contributed by atoms with Crippen LogP contribution in [0.4, 0.5) is 0 Å². The van der Waals surface area contributed by atoms with Crippen LogP contribution in [0.2, 0.25) is 0 Å². The van der Waals surface area contributed by atoms with Gasteiger partial charge in [0.15, 0.2) is 0 Å². The van der Waals surface area contributed by atoms with Crippen molar-refractivity contribution < 1.29 is 14.3 Å². The zero-order valence-corrected chi connectivity index (χ0v) is 13.2. The molecule has 23 heavy (non-hydrogen) atoms. The van der Waals surface area contributed by atoms with Crippen molar-refractivity contribution in [1.29, 1.82) is 0 Å². The Bertz CT molecular complexity index is 501. The molecule has 1 atom stereocenters. The van der Waals surface area contributed by atoms with Gasteiger partial charge in [-0.3, -0.25) is 14.5 Å². The topological polar surface area (TPSA) is 84.7 Å². The number of benzene rings is 1. The van der Waals surface area contributed by atoms with E-state index in [0.717, 1.165) is 44.8 Å². The molecule has 125 valence electrons. The fraction of sp³-hybridized carbons (Fsp3) is 0.471. The number of nitrogens with two attached hydrogens (primary N) is 1. The standard InChI is InChI=1S/C17H24N3O3/c18-17(22)15(14-5-2-1-3-6-14)13-16(21)19-7-4-8-20-9-11-23-12-10-20/h1-3,5-6,13,15H,4,7-12H2,(H2,18,22)(H,19,21). The molecule has 3 N–H and O–H groups in total. The van der Waals surface area contributed by atoms with Crippen molar-refractivity contribution in [2.45, 2.75) is 12.3 Å². The highest BCUT2D eigenvalue weighted by Crippen LogP contribution is 2.17. The largest absolute Gasteiger partial charge is 0.379 e. The van der Waals surface area contributed by atoms with Crippen LogP contribution in [0.25, 0.3) is 0 Å². The summed E-state index contributed by atoms with van der Waals surface area (Å²) in [5, 5.41) is 2.82. The molecule has 1 radical (unpaired) electrons. The monoisotopic (exact) mass is 318 g/mol. The summed E-state index contributed by atoms with van der Waals surface area (Å²) in [6, 6.07) is 9.07. The van der Waals surface area contributed by atoms with Gasteiger partial charge >= 0.3 is 0 Å². The molecule has 0 aromatic heterocycles. The lowest BCUT2D eigenvalue weighted by Crippen LogP contribution is -2.38. The highest BCUT2D eigenvalue weighted by Gasteiger charge is 2.21. The normalized spacial score (nSPS) is 16.7. The molecule has 1 aliphatic rings. The lowest BCUT2D eigenvalue weighted by Gasteiger charge is -2.26. The molecule has 1 fully saturated rings. The van der Waals surface area contributed by atoms with E-state index in [0.29, 0.717) is 6.54 Å². The summed E-state index contributed by atoms with van der Waals surface area (Å²) in [6.45, 7) is 4.94. The average Bonchev–Trinajstić information content (AvgIpc) is 2.58. The van der Waals surface area contributed by atoms with Gasteiger partial charge in [-0.25, -0.2) is 0 Å². The van der Waals surface area contributed by atoms with Crippen LogP contribution in [-0.2, 0) is 14.3 Å². The second kappa shape index (κ2) is 9.27. The maximum Gasteiger partial charge on any atom is 0.225 e. The molecule has 0 aliphatic carbocycles. The number of amides is 2. The van der Waals surface area contributed by atoms with Crippen molar-refractivity contribution in [2.24, 2.45) is 5.73 Å². The summed E-state index contributed by atoms with van der Waals surface area (Å²) >= 11 is 0. The summed E-state index contributed by atoms with van der Waals surface area (Å²) in [4.78, 5) is 25.9. The molecule has 1 heterocycles. The van der Waals surface area contributed by atoms with Gasteiger partial charge in [0.25, 0.3) is 0 Å². The molecule has 6 nitrogen and oxygen atoms in total. The van der Waals surface area contributed by atoms with E-state index in [1.54, 1.807) is 12.1 Å². The minimum Gasteiger partial charge on any atom is -0.379 e. The van der Waals surface area contributed by atoms with Crippen LogP contribution in [-0.4, -0.2) is 56.1 Å². The third-order valence-corrected chi connectivity index (χ3v) is 3.84. The maximum atomic E-state index is 12.0. The van der Waals surface area contributed by atoms with E-state index in [1.165, 1.54) is 6.42 Å². The molecule has 0 bridgehead atoms. The van der Waals surface area contributed by atoms with Gasteiger partial charge in [-0.2, -0.15) is 0 Å². The minimum absolute atomic E-state index is 0.264. The maximum absolute atomic E-state index is 12.0. The number of carbonyl (C=O) groups excluding carboxylic acids is 2. The Labute approximate surface area is 137 Å². The molecule has 0 spiro atoms. The molecule has 1 saturated heterocycles. The molecule has 1 aliphatic heterocycles. The van der Waals surface area contributed by atoms with Gasteiger partial charge < -0.3 is 15.8 Å². The van der Waals surface area contributed by atoms with Gasteiger partial charge in [0, 0.05) is 19.6 Å². The molecule has 2 rings (SSSR count). The highest BCUT2D eigenvalue weighted by molar-refractivity contribution is 5.95. The first kappa shape index (κ1) is 17.4. The van der Waals surface area contributed by atoms with E-state index in [-0.39, 0.29) is 5.91 Å². The van der Waals surface area contributed by atoms with Crippen LogP contribution in [0.3, 0.4) is 0 Å². The number of hydrogen-bond acceptors (Lipinski definition) is 4. The molecule has 1 aromatic carbocycles. The summed E-state index contributed by atoms with van der Waals surface area (Å²) < 4.78 is 5.29. The van der Waals surface area contributed by atoms with Crippen molar-refractivity contribution >= 4 is 11.8 Å². The fourth-order valence-electron chi connectivity index (χ4n) is 2.55. The second-order valence-electron chi connectivity index (χ2n) is 5.56. The first-order chi connectivity index (χ1) is 11.2. The van der Waals surface area contributed by atoms with Gasteiger partial charge in [-0.05, 0) is 18.5 Å². The van der Waals surface area contributed by atoms with Crippen LogP contribution >= 0.6 is 0 Å². The fourth-order valence-corrected chi connectivity index (χ4v) is 2.55. The van der Waals surface area contributed by atoms with Crippen molar-refractivity contribution in [1.82, 2.24) is 10.2 Å². The summed E-state index contributed by atoms with van der Waals surface area (Å²) in [7, 11) is 0. The Hall–Kier alpha value is -1.92. The van der Waals surface area contributed by atoms with Gasteiger partial charge in [-0.1, -0.05) is 30.3 Å². The molecule has 6 heteroatoms. The lowest BCUT2D eigenvalue weighted by molar-refractivity contribution is -0.122. The number of hydrogen-bond donors (Lipinski definition) is 2. The first-order valence-electron chi connectivity index (χ1n) is 7.94. The van der Waals surface area contributed by atoms with Gasteiger partial charge in [0.05, 0.1) is 25.6 Å². The predicted octanol–water partition coefficient (Wildman–Crippen LogP) is 0.298. The second-order valence-corrected chi connectivity index (χ2v) is 5.56. The van der Waals surface area contributed by atoms with E-state index in [9.17, 15) is 9.59 Å². The van der Waals surface area contributed by atoms with Gasteiger partial charge in [0.2, 0.25) is 11.8 Å². The van der Waals surface area contributed by atoms with Gasteiger partial charge in [-0.15, -0.1) is 0 Å². The number of rotatable bonds is 8. The average molecular weight is 318 g/mol. The zero-order chi connectivity index (χ0) is 16.5. The summed E-state index contributed by atoms with van der Waals surface area (Å²) in [5.41, 5.74) is 6.13. The number of nitrogens with zero attached hydrogens (tertiary/aromatic N) is 1. The predicted molar refractivity (Wildman–Crippen MR) is 87.6 cm³/mol. The minimum atomic E-state index is -0.699. The van der Waals surface area contributed by atoms with E-state index in [4.69, 9.17) is 10.5 Å². The van der Waals surface area contributed by atoms with Crippen molar-refractivity contribution in [2.75, 3.05) is 39.4 Å². The summed E-state index contributed by atoms with van der Waals surface area (Å²) in [6.07, 6.45) is 2.22. The van der Waals surface area contributed by atoms with Crippen LogP contribution in [0.15, 0.2) is 30.3 Å². The van der Waals surface area contributed by atoms with E-state index in [2.05, 4.69) is 10.2 Å². The summed E-state index contributed by atoms with van der Waals surface area (Å²) in [5.74, 6) is -1.49. The lowest BCUT2D eigenvalue weighted by atomic mass is 9.95. The van der Waals surface area contributed by atoms with E-state index >= 15 is 0 Å². The SMILES string of the molecule is NC(=O)C([CH]C(=O)NCCCN1CCOCC1)c1ccccc1. The smallest absolute Gasteiger partial charge is 0.225 e. The van der Waals surface area contributed by atoms with Crippen molar-refractivity contribution in [3.8, 4) is 0 Å². The Morgan fingerprint density at radius 2 is 1.96 bits per heavy atom. The highest BCUT2D eigenvalue weighted by atomic mass is 16.5. The number of morpholine rings is 1. The third-order valence-electron chi connectivity index (χ3n) is 3.84. The Balaban J connectivity index is 1.71. The Kier molecular flexibility index (Phi) is 7.03. The van der Waals surface area contributed by atoms with Crippen LogP contribution < -0.4 is 11.1 Å². The molecular formula is C17H24N3O3. The molecule has 2 amide bonds. The van der Waals surface area contributed by atoms with Crippen molar-refractivity contribution in [3.63, 3.8) is 0 Å². The molecular weight excluding hydrogens is 294 g/mol. The first-order valence-corrected chi connectivity index (χ1v) is 7.94. The Morgan fingerprint density at radius 3 is 2.61 bits per heavy atom.